The van der Waals surface area contributed by atoms with Crippen LogP contribution in [0.1, 0.15) is 64.2 Å². The number of aromatic nitrogens is 1. The van der Waals surface area contributed by atoms with E-state index in [1.807, 2.05) is 37.3 Å². The first-order chi connectivity index (χ1) is 22.4. The first kappa shape index (κ1) is 35.2. The van der Waals surface area contributed by atoms with E-state index in [-0.39, 0.29) is 30.9 Å². The average molecular weight is 654 g/mol. The number of allylic oxidation sites excluding steroid dienone is 6. The van der Waals surface area contributed by atoms with E-state index in [1.165, 1.54) is 0 Å². The Bertz CT molecular complexity index is 1740. The maximum atomic E-state index is 14.5. The number of carbonyl (C=O) groups excluding carboxylic acids is 1. The zero-order chi connectivity index (χ0) is 34.2. The van der Waals surface area contributed by atoms with E-state index >= 15 is 0 Å². The summed E-state index contributed by atoms with van der Waals surface area (Å²) in [6.07, 6.45) is 11.6. The standard InChI is InChI=1S/C37H45FN7OP/c1-9-12-28-19-31(40-22(3)4)27(10-2)18-32(28)43-36(41-23(5)6)44-37(46)45(20-26-15-24(7)34(38)33(47)16-26)21-30-17-29-13-11-14-39-35(29)42-25(30)8/h10-11,13-19,22H,5,8-9,12,20-21,47H2,1-4,6-7H3,(H,39,42)(H2,41,43,44,46)/b27-10-,40-31-. The van der Waals surface area contributed by atoms with Crippen molar-refractivity contribution in [3.63, 3.8) is 0 Å². The summed E-state index contributed by atoms with van der Waals surface area (Å²) < 4.78 is 14.5. The van der Waals surface area contributed by atoms with Crippen LogP contribution < -0.4 is 21.3 Å². The van der Waals surface area contributed by atoms with Gasteiger partial charge in [0.05, 0.1) is 5.71 Å². The molecule has 1 aromatic heterocycles. The minimum atomic E-state index is -0.495. The van der Waals surface area contributed by atoms with E-state index in [0.717, 1.165) is 52.1 Å². The quantitative estimate of drug-likeness (QED) is 0.148. The molecule has 4 rings (SSSR count). The summed E-state index contributed by atoms with van der Waals surface area (Å²) in [7, 11) is 2.43. The topological polar surface area (TPSA) is 94.0 Å². The molecule has 0 saturated heterocycles. The highest BCUT2D eigenvalue weighted by atomic mass is 31.0. The van der Waals surface area contributed by atoms with Gasteiger partial charge in [0.25, 0.3) is 0 Å². The Kier molecular flexibility index (Phi) is 11.8. The predicted molar refractivity (Wildman–Crippen MR) is 197 cm³/mol. The monoisotopic (exact) mass is 653 g/mol. The van der Waals surface area contributed by atoms with Crippen molar-refractivity contribution in [2.75, 3.05) is 11.9 Å². The summed E-state index contributed by atoms with van der Waals surface area (Å²) in [4.78, 5) is 29.5. The van der Waals surface area contributed by atoms with Crippen molar-refractivity contribution in [1.82, 2.24) is 20.5 Å². The summed E-state index contributed by atoms with van der Waals surface area (Å²) in [5, 5.41) is 10.2. The van der Waals surface area contributed by atoms with Crippen molar-refractivity contribution in [3.05, 3.63) is 118 Å². The van der Waals surface area contributed by atoms with Crippen LogP contribution >= 0.6 is 9.24 Å². The minimum Gasteiger partial charge on any atom is -0.340 e. The molecule has 1 aromatic carbocycles. The Balaban J connectivity index is 1.73. The molecule has 0 fully saturated rings. The van der Waals surface area contributed by atoms with Gasteiger partial charge < -0.3 is 20.9 Å². The van der Waals surface area contributed by atoms with Crippen LogP contribution in [0.2, 0.25) is 0 Å². The van der Waals surface area contributed by atoms with E-state index in [0.29, 0.717) is 28.1 Å². The average Bonchev–Trinajstić information content (AvgIpc) is 3.00. The number of nitrogens with zero attached hydrogens (tertiary/aromatic N) is 4. The van der Waals surface area contributed by atoms with E-state index in [4.69, 9.17) is 4.99 Å². The number of rotatable bonds is 9. The van der Waals surface area contributed by atoms with E-state index in [2.05, 4.69) is 75.2 Å². The van der Waals surface area contributed by atoms with E-state index < -0.39 is 6.03 Å². The molecule has 1 aliphatic heterocycles. The largest absolute Gasteiger partial charge is 0.347 e. The smallest absolute Gasteiger partial charge is 0.340 e. The molecular weight excluding hydrogens is 608 g/mol. The van der Waals surface area contributed by atoms with Crippen LogP contribution in [0, 0.1) is 12.7 Å². The number of benzene rings is 1. The van der Waals surface area contributed by atoms with Crippen LogP contribution in [-0.2, 0) is 6.54 Å². The van der Waals surface area contributed by atoms with Gasteiger partial charge in [-0.25, -0.2) is 14.2 Å². The number of pyridine rings is 1. The van der Waals surface area contributed by atoms with Crippen LogP contribution in [0.4, 0.5) is 15.0 Å². The number of halogens is 1. The lowest BCUT2D eigenvalue weighted by Crippen LogP contribution is -2.40. The first-order valence-electron chi connectivity index (χ1n) is 15.8. The second-order valence-electron chi connectivity index (χ2n) is 12.0. The lowest BCUT2D eigenvalue weighted by atomic mass is 9.94. The number of carbonyl (C=O) groups is 1. The summed E-state index contributed by atoms with van der Waals surface area (Å²) in [5.41, 5.74) is 8.02. The molecule has 1 unspecified atom stereocenters. The minimum absolute atomic E-state index is 0.148. The van der Waals surface area contributed by atoms with Crippen molar-refractivity contribution in [3.8, 4) is 0 Å². The fraction of sp³-hybridized carbons (Fsp3) is 0.297. The zero-order valence-corrected chi connectivity index (χ0v) is 29.3. The lowest BCUT2D eigenvalue weighted by Gasteiger charge is -2.27. The molecular formula is C37H45FN7OP. The van der Waals surface area contributed by atoms with Gasteiger partial charge in [0.1, 0.15) is 11.6 Å². The van der Waals surface area contributed by atoms with Gasteiger partial charge in [0.15, 0.2) is 0 Å². The van der Waals surface area contributed by atoms with Gasteiger partial charge in [-0.2, -0.15) is 4.99 Å². The van der Waals surface area contributed by atoms with Crippen LogP contribution in [0.5, 0.6) is 0 Å². The Morgan fingerprint density at radius 2 is 1.98 bits per heavy atom. The molecule has 2 aromatic rings. The number of guanidine groups is 1. The normalized spacial score (nSPS) is 16.3. The fourth-order valence-electron chi connectivity index (χ4n) is 5.31. The third kappa shape index (κ3) is 9.23. The van der Waals surface area contributed by atoms with E-state index in [1.54, 1.807) is 37.1 Å². The number of aryl methyl sites for hydroxylation is 1. The number of fused-ring (bicyclic) bond motifs is 1. The number of anilines is 1. The van der Waals surface area contributed by atoms with Crippen molar-refractivity contribution in [2.24, 2.45) is 9.98 Å². The second kappa shape index (κ2) is 15.8. The summed E-state index contributed by atoms with van der Waals surface area (Å²) in [6, 6.07) is 6.94. The molecule has 0 saturated carbocycles. The predicted octanol–water partition coefficient (Wildman–Crippen LogP) is 7.46. The summed E-state index contributed by atoms with van der Waals surface area (Å²) >= 11 is 0. The number of nitrogens with one attached hydrogen (secondary N) is 3. The van der Waals surface area contributed by atoms with Crippen molar-refractivity contribution >= 4 is 44.1 Å². The lowest BCUT2D eigenvalue weighted by molar-refractivity contribution is 0.210. The molecule has 246 valence electrons. The fourth-order valence-corrected chi connectivity index (χ4v) is 5.75. The van der Waals surface area contributed by atoms with Crippen molar-refractivity contribution in [2.45, 2.75) is 67.0 Å². The molecule has 2 aliphatic rings. The van der Waals surface area contributed by atoms with Crippen LogP contribution in [0.25, 0.3) is 6.08 Å². The van der Waals surface area contributed by atoms with Gasteiger partial charge in [0.2, 0.25) is 5.96 Å². The number of hydrogen-bond acceptors (Lipinski definition) is 4. The molecule has 47 heavy (non-hydrogen) atoms. The van der Waals surface area contributed by atoms with Crippen LogP contribution in [-0.4, -0.2) is 40.2 Å². The van der Waals surface area contributed by atoms with Crippen molar-refractivity contribution < 1.29 is 9.18 Å². The maximum Gasteiger partial charge on any atom is 0.347 e. The molecule has 1 aliphatic carbocycles. The highest BCUT2D eigenvalue weighted by Gasteiger charge is 2.23. The molecule has 0 bridgehead atoms. The van der Waals surface area contributed by atoms with Gasteiger partial charge in [-0.15, -0.1) is 9.24 Å². The first-order valence-corrected chi connectivity index (χ1v) is 16.4. The summed E-state index contributed by atoms with van der Waals surface area (Å²) in [5.74, 6) is 0.656. The van der Waals surface area contributed by atoms with Crippen molar-refractivity contribution in [1.29, 1.82) is 0 Å². The highest BCUT2D eigenvalue weighted by Crippen LogP contribution is 2.28. The highest BCUT2D eigenvalue weighted by molar-refractivity contribution is 7.27. The SMILES string of the molecule is C=C(C)N/C(=N\C(=O)N(CC1=Cc2cccnc2NC1=C)Cc1cc(C)c(F)c(P)c1)NC1=CC(=C/C)/C(=N\C(C)C)C=C1CCC. The number of urea groups is 1. The number of amides is 2. The van der Waals surface area contributed by atoms with E-state index in [9.17, 15) is 9.18 Å². The zero-order valence-electron chi connectivity index (χ0n) is 28.2. The number of hydrogen-bond donors (Lipinski definition) is 3. The molecule has 0 spiro atoms. The number of aliphatic imine (C=N–C) groups is 2. The third-order valence-corrected chi connectivity index (χ3v) is 7.87. The molecule has 2 amide bonds. The summed E-state index contributed by atoms with van der Waals surface area (Å²) in [6.45, 7) is 20.3. The molecule has 0 radical (unpaired) electrons. The van der Waals surface area contributed by atoms with Gasteiger partial charge in [-0.1, -0.05) is 38.6 Å². The Labute approximate surface area is 280 Å². The van der Waals surface area contributed by atoms with Crippen LogP contribution in [0.3, 0.4) is 0 Å². The van der Waals surface area contributed by atoms with Gasteiger partial charge in [-0.05, 0) is 105 Å². The maximum absolute atomic E-state index is 14.5. The van der Waals surface area contributed by atoms with Crippen LogP contribution in [0.15, 0.2) is 106 Å². The van der Waals surface area contributed by atoms with Gasteiger partial charge in [0, 0.05) is 53.3 Å². The Hall–Kier alpha value is -4.62. The third-order valence-electron chi connectivity index (χ3n) is 7.45. The molecule has 1 atom stereocenters. The van der Waals surface area contributed by atoms with Gasteiger partial charge >= 0.3 is 6.03 Å². The Morgan fingerprint density at radius 3 is 2.64 bits per heavy atom. The van der Waals surface area contributed by atoms with Gasteiger partial charge in [-0.3, -0.25) is 4.99 Å². The molecule has 10 heteroatoms. The molecule has 8 nitrogen and oxygen atoms in total. The Morgan fingerprint density at radius 1 is 1.21 bits per heavy atom. The molecule has 3 N–H and O–H groups in total. The molecule has 2 heterocycles. The second-order valence-corrected chi connectivity index (χ2v) is 12.6.